The van der Waals surface area contributed by atoms with Gasteiger partial charge in [0.05, 0.1) is 11.1 Å². The van der Waals surface area contributed by atoms with Gasteiger partial charge in [-0.05, 0) is 24.8 Å². The Bertz CT molecular complexity index is 421. The number of carbonyl (C=O) groups excluding carboxylic acids is 1. The Labute approximate surface area is 102 Å². The first kappa shape index (κ1) is 13.2. The second kappa shape index (κ2) is 6.64. The molecule has 0 aliphatic rings. The average molecular weight is 231 g/mol. The number of amides is 1. The topological polar surface area (TPSA) is 65.8 Å². The van der Waals surface area contributed by atoms with E-state index in [-0.39, 0.29) is 5.91 Å². The van der Waals surface area contributed by atoms with Gasteiger partial charge in [0.1, 0.15) is 6.07 Å². The summed E-state index contributed by atoms with van der Waals surface area (Å²) in [7, 11) is 0. The van der Waals surface area contributed by atoms with E-state index in [2.05, 4.69) is 24.1 Å². The molecule has 0 saturated heterocycles. The minimum atomic E-state index is -0.224. The number of pyridine rings is 1. The first-order valence-electron chi connectivity index (χ1n) is 5.77. The summed E-state index contributed by atoms with van der Waals surface area (Å²) in [5.41, 5.74) is 0.709. The number of hydrogen-bond acceptors (Lipinski definition) is 3. The molecule has 1 N–H and O–H groups in total. The number of nitrogens with one attached hydrogen (secondary N) is 1. The number of nitrogens with zero attached hydrogens (tertiary/aromatic N) is 2. The van der Waals surface area contributed by atoms with Crippen LogP contribution >= 0.6 is 0 Å². The van der Waals surface area contributed by atoms with Crippen LogP contribution in [0.4, 0.5) is 0 Å². The van der Waals surface area contributed by atoms with Gasteiger partial charge in [-0.3, -0.25) is 9.78 Å². The molecule has 1 rings (SSSR count). The van der Waals surface area contributed by atoms with Gasteiger partial charge in [0.25, 0.3) is 5.91 Å². The molecule has 0 aromatic carbocycles. The Morgan fingerprint density at radius 2 is 2.35 bits per heavy atom. The molecule has 1 aromatic heterocycles. The Hall–Kier alpha value is -1.89. The van der Waals surface area contributed by atoms with Gasteiger partial charge in [0.15, 0.2) is 0 Å². The van der Waals surface area contributed by atoms with Gasteiger partial charge >= 0.3 is 0 Å². The van der Waals surface area contributed by atoms with Crippen molar-refractivity contribution < 1.29 is 4.79 Å². The third-order valence-corrected chi connectivity index (χ3v) is 2.43. The lowest BCUT2D eigenvalue weighted by atomic mass is 10.1. The Balaban J connectivity index is 2.50. The molecule has 90 valence electrons. The summed E-state index contributed by atoms with van der Waals surface area (Å²) in [6.45, 7) is 4.93. The van der Waals surface area contributed by atoms with Gasteiger partial charge in [0.2, 0.25) is 0 Å². The van der Waals surface area contributed by atoms with Gasteiger partial charge < -0.3 is 5.32 Å². The third kappa shape index (κ3) is 4.23. The SMILES string of the molecule is CC(C)CCCNC(=O)c1cnccc1C#N. The third-order valence-electron chi connectivity index (χ3n) is 2.43. The number of hydrogen-bond donors (Lipinski definition) is 1. The summed E-state index contributed by atoms with van der Waals surface area (Å²) in [4.78, 5) is 15.6. The molecule has 0 spiro atoms. The van der Waals surface area contributed by atoms with Crippen LogP contribution in [-0.4, -0.2) is 17.4 Å². The lowest BCUT2D eigenvalue weighted by molar-refractivity contribution is 0.0952. The zero-order valence-corrected chi connectivity index (χ0v) is 10.2. The average Bonchev–Trinajstić information content (AvgIpc) is 2.34. The molecule has 4 nitrogen and oxygen atoms in total. The minimum Gasteiger partial charge on any atom is -0.352 e. The van der Waals surface area contributed by atoms with Crippen LogP contribution in [0.3, 0.4) is 0 Å². The largest absolute Gasteiger partial charge is 0.352 e. The van der Waals surface area contributed by atoms with Crippen molar-refractivity contribution >= 4 is 5.91 Å². The summed E-state index contributed by atoms with van der Waals surface area (Å²) in [5.74, 6) is 0.415. The summed E-state index contributed by atoms with van der Waals surface area (Å²) in [5, 5.41) is 11.7. The lowest BCUT2D eigenvalue weighted by Crippen LogP contribution is -2.25. The van der Waals surface area contributed by atoms with E-state index < -0.39 is 0 Å². The maximum atomic E-state index is 11.8. The maximum absolute atomic E-state index is 11.8. The van der Waals surface area contributed by atoms with Crippen LogP contribution in [0.15, 0.2) is 18.5 Å². The van der Waals surface area contributed by atoms with Crippen molar-refractivity contribution in [2.24, 2.45) is 5.92 Å². The fourth-order valence-corrected chi connectivity index (χ4v) is 1.48. The Morgan fingerprint density at radius 1 is 1.59 bits per heavy atom. The van der Waals surface area contributed by atoms with E-state index in [1.54, 1.807) is 6.07 Å². The molecule has 17 heavy (non-hydrogen) atoms. The monoisotopic (exact) mass is 231 g/mol. The molecule has 0 radical (unpaired) electrons. The molecule has 0 bridgehead atoms. The van der Waals surface area contributed by atoms with E-state index in [0.29, 0.717) is 23.6 Å². The first-order chi connectivity index (χ1) is 8.15. The van der Waals surface area contributed by atoms with Gasteiger partial charge in [-0.2, -0.15) is 5.26 Å². The van der Waals surface area contributed by atoms with Crippen LogP contribution in [0.25, 0.3) is 0 Å². The summed E-state index contributed by atoms with van der Waals surface area (Å²) in [6.07, 6.45) is 4.97. The standard InChI is InChI=1S/C13H17N3O/c1-10(2)4-3-6-16-13(17)12-9-15-7-5-11(12)8-14/h5,7,9-10H,3-4,6H2,1-2H3,(H,16,17). The molecule has 0 aliphatic heterocycles. The predicted molar refractivity (Wildman–Crippen MR) is 65.4 cm³/mol. The zero-order valence-electron chi connectivity index (χ0n) is 10.2. The molecule has 0 fully saturated rings. The fraction of sp³-hybridized carbons (Fsp3) is 0.462. The highest BCUT2D eigenvalue weighted by atomic mass is 16.1. The van der Waals surface area contributed by atoms with Crippen molar-refractivity contribution in [3.8, 4) is 6.07 Å². The summed E-state index contributed by atoms with van der Waals surface area (Å²) < 4.78 is 0. The van der Waals surface area contributed by atoms with Crippen molar-refractivity contribution in [3.63, 3.8) is 0 Å². The van der Waals surface area contributed by atoms with E-state index in [9.17, 15) is 4.79 Å². The first-order valence-corrected chi connectivity index (χ1v) is 5.77. The highest BCUT2D eigenvalue weighted by Gasteiger charge is 2.10. The molecule has 1 amide bonds. The number of carbonyl (C=O) groups is 1. The van der Waals surface area contributed by atoms with Crippen LogP contribution in [0.2, 0.25) is 0 Å². The number of rotatable bonds is 5. The van der Waals surface area contributed by atoms with Gasteiger partial charge in [0, 0.05) is 18.9 Å². The second-order valence-electron chi connectivity index (χ2n) is 4.33. The van der Waals surface area contributed by atoms with Crippen LogP contribution in [0.1, 0.15) is 42.6 Å². The van der Waals surface area contributed by atoms with Crippen LogP contribution in [0, 0.1) is 17.2 Å². The van der Waals surface area contributed by atoms with Gasteiger partial charge in [-0.1, -0.05) is 13.8 Å². The smallest absolute Gasteiger partial charge is 0.254 e. The van der Waals surface area contributed by atoms with Crippen LogP contribution in [-0.2, 0) is 0 Å². The van der Waals surface area contributed by atoms with Crippen molar-refractivity contribution in [1.29, 1.82) is 5.26 Å². The highest BCUT2D eigenvalue weighted by molar-refractivity contribution is 5.96. The van der Waals surface area contributed by atoms with E-state index in [1.807, 2.05) is 6.07 Å². The van der Waals surface area contributed by atoms with E-state index >= 15 is 0 Å². The fourth-order valence-electron chi connectivity index (χ4n) is 1.48. The van der Waals surface area contributed by atoms with Crippen LogP contribution in [0.5, 0.6) is 0 Å². The van der Waals surface area contributed by atoms with Crippen LogP contribution < -0.4 is 5.32 Å². The molecule has 0 unspecified atom stereocenters. The van der Waals surface area contributed by atoms with Gasteiger partial charge in [-0.15, -0.1) is 0 Å². The summed E-state index contributed by atoms with van der Waals surface area (Å²) >= 11 is 0. The second-order valence-corrected chi connectivity index (χ2v) is 4.33. The minimum absolute atomic E-state index is 0.224. The van der Waals surface area contributed by atoms with E-state index in [1.165, 1.54) is 12.4 Å². The van der Waals surface area contributed by atoms with Crippen molar-refractivity contribution in [2.45, 2.75) is 26.7 Å². The quantitative estimate of drug-likeness (QED) is 0.789. The number of aromatic nitrogens is 1. The van der Waals surface area contributed by atoms with E-state index in [4.69, 9.17) is 5.26 Å². The predicted octanol–water partition coefficient (Wildman–Crippen LogP) is 2.12. The molecular formula is C13H17N3O. The molecule has 1 aromatic rings. The molecule has 4 heteroatoms. The number of nitriles is 1. The lowest BCUT2D eigenvalue weighted by Gasteiger charge is -2.07. The summed E-state index contributed by atoms with van der Waals surface area (Å²) in [6, 6.07) is 3.53. The Kier molecular flexibility index (Phi) is 5.15. The normalized spacial score (nSPS) is 10.0. The van der Waals surface area contributed by atoms with Crippen molar-refractivity contribution in [2.75, 3.05) is 6.54 Å². The molecule has 0 saturated carbocycles. The molecule has 1 heterocycles. The molecular weight excluding hydrogens is 214 g/mol. The molecule has 0 aliphatic carbocycles. The highest BCUT2D eigenvalue weighted by Crippen LogP contribution is 2.06. The van der Waals surface area contributed by atoms with E-state index in [0.717, 1.165) is 12.8 Å². The zero-order chi connectivity index (χ0) is 12.7. The van der Waals surface area contributed by atoms with Crippen molar-refractivity contribution in [1.82, 2.24) is 10.3 Å². The maximum Gasteiger partial charge on any atom is 0.254 e. The van der Waals surface area contributed by atoms with Crippen molar-refractivity contribution in [3.05, 3.63) is 29.6 Å². The van der Waals surface area contributed by atoms with Gasteiger partial charge in [-0.25, -0.2) is 0 Å². The Morgan fingerprint density at radius 3 is 3.00 bits per heavy atom. The molecule has 0 atom stereocenters.